The number of alkyl carbamates (subject to hydrolysis) is 1. The number of carbonyl (C=O) groups is 2. The van der Waals surface area contributed by atoms with Crippen molar-refractivity contribution in [1.82, 2.24) is 15.1 Å². The Balaban J connectivity index is 1.70. The second kappa shape index (κ2) is 11.4. The largest absolute Gasteiger partial charge is 0.444 e. The van der Waals surface area contributed by atoms with Crippen LogP contribution in [0.3, 0.4) is 0 Å². The predicted molar refractivity (Wildman–Crippen MR) is 138 cm³/mol. The van der Waals surface area contributed by atoms with E-state index in [0.29, 0.717) is 31.2 Å². The van der Waals surface area contributed by atoms with Gasteiger partial charge in [0.2, 0.25) is 5.91 Å². The van der Waals surface area contributed by atoms with E-state index in [4.69, 9.17) is 10.5 Å². The molecule has 33 heavy (non-hydrogen) atoms. The van der Waals surface area contributed by atoms with Gasteiger partial charge in [-0.2, -0.15) is 0 Å². The lowest BCUT2D eigenvalue weighted by molar-refractivity contribution is -0.135. The van der Waals surface area contributed by atoms with Crippen molar-refractivity contribution in [1.29, 1.82) is 0 Å². The zero-order chi connectivity index (χ0) is 24.2. The van der Waals surface area contributed by atoms with E-state index in [9.17, 15) is 9.59 Å². The van der Waals surface area contributed by atoms with E-state index in [1.807, 2.05) is 37.8 Å². The smallest absolute Gasteiger partial charge is 0.408 e. The zero-order valence-corrected chi connectivity index (χ0v) is 23.0. The van der Waals surface area contributed by atoms with Crippen LogP contribution in [0.15, 0.2) is 21.1 Å². The number of halogens is 2. The number of piperidine rings is 2. The fourth-order valence-electron chi connectivity index (χ4n) is 4.60. The van der Waals surface area contributed by atoms with Crippen LogP contribution in [0.25, 0.3) is 0 Å². The molecular weight excluding hydrogens is 552 g/mol. The molecule has 0 bridgehead atoms. The number of ether oxygens (including phenoxy) is 1. The number of hydrogen-bond donors (Lipinski definition) is 2. The van der Waals surface area contributed by atoms with Crippen molar-refractivity contribution in [3.05, 3.63) is 26.6 Å². The third-order valence-electron chi connectivity index (χ3n) is 6.25. The molecule has 0 unspecified atom stereocenters. The Kier molecular flexibility index (Phi) is 9.08. The van der Waals surface area contributed by atoms with Gasteiger partial charge in [-0.3, -0.25) is 4.79 Å². The molecule has 184 valence electrons. The van der Waals surface area contributed by atoms with Crippen LogP contribution in [-0.4, -0.2) is 65.7 Å². The Morgan fingerprint density at radius 1 is 1.09 bits per heavy atom. The van der Waals surface area contributed by atoms with Crippen molar-refractivity contribution < 1.29 is 14.3 Å². The number of anilines is 1. The summed E-state index contributed by atoms with van der Waals surface area (Å²) < 4.78 is 6.94. The molecule has 0 saturated carbocycles. The van der Waals surface area contributed by atoms with Gasteiger partial charge in [-0.1, -0.05) is 6.42 Å². The molecule has 1 aromatic rings. The molecule has 2 amide bonds. The molecule has 1 aromatic carbocycles. The summed E-state index contributed by atoms with van der Waals surface area (Å²) >= 11 is 6.94. The molecule has 2 heterocycles. The maximum atomic E-state index is 13.5. The van der Waals surface area contributed by atoms with Crippen LogP contribution in [0.5, 0.6) is 0 Å². The number of rotatable bonds is 5. The van der Waals surface area contributed by atoms with Crippen LogP contribution in [-0.2, 0) is 16.0 Å². The van der Waals surface area contributed by atoms with E-state index in [1.54, 1.807) is 0 Å². The Bertz CT molecular complexity index is 822. The average Bonchev–Trinajstić information content (AvgIpc) is 2.76. The molecule has 0 spiro atoms. The zero-order valence-electron chi connectivity index (χ0n) is 19.8. The quantitative estimate of drug-likeness (QED) is 0.487. The van der Waals surface area contributed by atoms with E-state index in [2.05, 4.69) is 42.1 Å². The van der Waals surface area contributed by atoms with E-state index in [-0.39, 0.29) is 5.91 Å². The first-order valence-corrected chi connectivity index (χ1v) is 13.4. The maximum Gasteiger partial charge on any atom is 0.408 e. The minimum atomic E-state index is -0.714. The van der Waals surface area contributed by atoms with Crippen LogP contribution in [0, 0.1) is 0 Å². The van der Waals surface area contributed by atoms with Crippen molar-refractivity contribution in [2.75, 3.05) is 31.9 Å². The van der Waals surface area contributed by atoms with Crippen LogP contribution < -0.4 is 11.1 Å². The molecule has 2 aliphatic rings. The lowest BCUT2D eigenvalue weighted by atomic mass is 9.98. The van der Waals surface area contributed by atoms with Gasteiger partial charge in [0, 0.05) is 34.5 Å². The first-order valence-electron chi connectivity index (χ1n) is 11.8. The molecule has 0 aliphatic carbocycles. The molecule has 0 aromatic heterocycles. The number of amides is 2. The summed E-state index contributed by atoms with van der Waals surface area (Å²) in [6, 6.07) is 3.61. The van der Waals surface area contributed by atoms with Crippen molar-refractivity contribution in [2.45, 2.75) is 77.0 Å². The highest BCUT2D eigenvalue weighted by molar-refractivity contribution is 9.11. The third-order valence-corrected chi connectivity index (χ3v) is 7.56. The summed E-state index contributed by atoms with van der Waals surface area (Å²) in [5, 5.41) is 2.82. The van der Waals surface area contributed by atoms with Gasteiger partial charge in [0.05, 0.1) is 5.69 Å². The van der Waals surface area contributed by atoms with Crippen molar-refractivity contribution >= 4 is 49.5 Å². The third kappa shape index (κ3) is 7.59. The highest BCUT2D eigenvalue weighted by Gasteiger charge is 2.32. The van der Waals surface area contributed by atoms with E-state index < -0.39 is 17.7 Å². The van der Waals surface area contributed by atoms with Gasteiger partial charge in [-0.25, -0.2) is 4.79 Å². The average molecular weight is 588 g/mol. The van der Waals surface area contributed by atoms with Crippen molar-refractivity contribution in [2.24, 2.45) is 0 Å². The Morgan fingerprint density at radius 3 is 2.21 bits per heavy atom. The fraction of sp³-hybridized carbons (Fsp3) is 0.667. The number of likely N-dealkylation sites (tertiary alicyclic amines) is 2. The van der Waals surface area contributed by atoms with Gasteiger partial charge in [0.15, 0.2) is 0 Å². The second-order valence-corrected chi connectivity index (χ2v) is 11.7. The van der Waals surface area contributed by atoms with Crippen LogP contribution in [0.4, 0.5) is 10.5 Å². The van der Waals surface area contributed by atoms with Gasteiger partial charge in [0.1, 0.15) is 11.6 Å². The molecule has 3 rings (SSSR count). The number of nitrogens with zero attached hydrogens (tertiary/aromatic N) is 2. The SMILES string of the molecule is CC(C)(C)OC(=O)N[C@H](Cc1cc(Br)c(N)c(Br)c1)C(=O)N1CCC(N2CCCCC2)CC1. The van der Waals surface area contributed by atoms with Gasteiger partial charge in [-0.15, -0.1) is 0 Å². The molecule has 2 saturated heterocycles. The number of nitrogens with one attached hydrogen (secondary N) is 1. The minimum Gasteiger partial charge on any atom is -0.444 e. The maximum absolute atomic E-state index is 13.5. The molecule has 1 atom stereocenters. The molecule has 3 N–H and O–H groups in total. The molecule has 9 heteroatoms. The number of nitrogen functional groups attached to an aromatic ring is 1. The first-order chi connectivity index (χ1) is 15.5. The lowest BCUT2D eigenvalue weighted by Crippen LogP contribution is -2.54. The van der Waals surface area contributed by atoms with Crippen molar-refractivity contribution in [3.8, 4) is 0 Å². The van der Waals surface area contributed by atoms with Gasteiger partial charge >= 0.3 is 6.09 Å². The molecule has 7 nitrogen and oxygen atoms in total. The van der Waals surface area contributed by atoms with Gasteiger partial charge in [0.25, 0.3) is 0 Å². The van der Waals surface area contributed by atoms with Crippen LogP contribution >= 0.6 is 31.9 Å². The molecule has 0 radical (unpaired) electrons. The topological polar surface area (TPSA) is 87.9 Å². The second-order valence-electron chi connectivity index (χ2n) is 10.0. The Morgan fingerprint density at radius 2 is 1.67 bits per heavy atom. The van der Waals surface area contributed by atoms with E-state index in [1.165, 1.54) is 32.4 Å². The molecule has 2 fully saturated rings. The number of benzene rings is 1. The summed E-state index contributed by atoms with van der Waals surface area (Å²) in [6.45, 7) is 9.18. The minimum absolute atomic E-state index is 0.0676. The standard InChI is InChI=1S/C24H36Br2N4O3/c1-24(2,3)33-23(32)28-20(15-16-13-18(25)21(27)19(26)14-16)22(31)30-11-7-17(8-12-30)29-9-5-4-6-10-29/h13-14,17,20H,4-12,15,27H2,1-3H3,(H,28,32)/t20-/m1/s1. The summed E-state index contributed by atoms with van der Waals surface area (Å²) in [6.07, 6.45) is 5.58. The summed E-state index contributed by atoms with van der Waals surface area (Å²) in [5.74, 6) is -0.0676. The van der Waals surface area contributed by atoms with Crippen molar-refractivity contribution in [3.63, 3.8) is 0 Å². The van der Waals surface area contributed by atoms with E-state index in [0.717, 1.165) is 27.4 Å². The Hall–Kier alpha value is -1.32. The van der Waals surface area contributed by atoms with Crippen LogP contribution in [0.1, 0.15) is 58.4 Å². The predicted octanol–water partition coefficient (Wildman–Crippen LogP) is 4.71. The highest BCUT2D eigenvalue weighted by Crippen LogP contribution is 2.30. The normalized spacial score (nSPS) is 19.2. The summed E-state index contributed by atoms with van der Waals surface area (Å²) in [5.41, 5.74) is 6.87. The molecular formula is C24H36Br2N4O3. The molecule has 2 aliphatic heterocycles. The van der Waals surface area contributed by atoms with E-state index >= 15 is 0 Å². The lowest BCUT2D eigenvalue weighted by Gasteiger charge is -2.41. The number of carbonyl (C=O) groups excluding carboxylic acids is 2. The monoisotopic (exact) mass is 586 g/mol. The fourth-order valence-corrected chi connectivity index (χ4v) is 5.88. The number of nitrogens with two attached hydrogens (primary N) is 1. The first kappa shape index (κ1) is 26.3. The summed E-state index contributed by atoms with van der Waals surface area (Å²) in [4.78, 5) is 30.5. The highest BCUT2D eigenvalue weighted by atomic mass is 79.9. The van der Waals surface area contributed by atoms with Crippen LogP contribution in [0.2, 0.25) is 0 Å². The van der Waals surface area contributed by atoms with Gasteiger partial charge < -0.3 is 25.6 Å². The number of hydrogen-bond acceptors (Lipinski definition) is 5. The van der Waals surface area contributed by atoms with Gasteiger partial charge in [-0.05, 0) is 109 Å². The Labute approximate surface area is 214 Å². The summed E-state index contributed by atoms with van der Waals surface area (Å²) in [7, 11) is 0.